The highest BCUT2D eigenvalue weighted by atomic mass is 19.1. The first-order valence-electron chi connectivity index (χ1n) is 9.21. The third-order valence-corrected chi connectivity index (χ3v) is 5.19. The van der Waals surface area contributed by atoms with Crippen molar-refractivity contribution in [2.75, 3.05) is 32.8 Å². The molecule has 136 valence electrons. The van der Waals surface area contributed by atoms with Crippen LogP contribution in [0.25, 0.3) is 0 Å². The minimum absolute atomic E-state index is 0.138. The van der Waals surface area contributed by atoms with Crippen LogP contribution in [0, 0.1) is 5.82 Å². The summed E-state index contributed by atoms with van der Waals surface area (Å²) in [5, 5.41) is 0. The predicted octanol–water partition coefficient (Wildman–Crippen LogP) is 3.11. The Morgan fingerprint density at radius 1 is 1.04 bits per heavy atom. The molecule has 4 nitrogen and oxygen atoms in total. The number of carbonyl (C=O) groups is 1. The van der Waals surface area contributed by atoms with Crippen LogP contribution in [0.4, 0.5) is 4.39 Å². The molecule has 0 fully saturated rings. The lowest BCUT2D eigenvalue weighted by atomic mass is 10.00. The Labute approximate surface area is 153 Å². The highest BCUT2D eigenvalue weighted by Gasteiger charge is 2.24. The van der Waals surface area contributed by atoms with Crippen molar-refractivity contribution in [3.05, 3.63) is 65.0 Å². The second kappa shape index (κ2) is 7.46. The van der Waals surface area contributed by atoms with Gasteiger partial charge in [0.2, 0.25) is 0 Å². The molecule has 0 aliphatic carbocycles. The second-order valence-electron chi connectivity index (χ2n) is 6.93. The highest BCUT2D eigenvalue weighted by molar-refractivity contribution is 5.97. The van der Waals surface area contributed by atoms with E-state index in [1.165, 1.54) is 29.3 Å². The van der Waals surface area contributed by atoms with Crippen LogP contribution in [0.3, 0.4) is 0 Å². The van der Waals surface area contributed by atoms with Gasteiger partial charge in [0.25, 0.3) is 5.91 Å². The van der Waals surface area contributed by atoms with Gasteiger partial charge in [-0.15, -0.1) is 0 Å². The Balaban J connectivity index is 1.34. The molecule has 2 aliphatic heterocycles. The standard InChI is InChI=1S/C21H23FN2O2/c22-18-6-7-20-19(14-18)21(25)24(12-13-26-20)10-3-9-23-11-8-16-4-1-2-5-17(16)15-23/h1-2,4-7,14H,3,8-13,15H2. The molecular formula is C21H23FN2O2. The molecule has 0 saturated heterocycles. The fourth-order valence-corrected chi connectivity index (χ4v) is 3.78. The molecule has 0 radical (unpaired) electrons. The zero-order valence-corrected chi connectivity index (χ0v) is 14.8. The number of halogens is 1. The number of benzene rings is 2. The normalized spacial score (nSPS) is 17.3. The van der Waals surface area contributed by atoms with E-state index in [2.05, 4.69) is 29.2 Å². The summed E-state index contributed by atoms with van der Waals surface area (Å²) in [5.41, 5.74) is 3.18. The number of hydrogen-bond acceptors (Lipinski definition) is 3. The fraction of sp³-hybridized carbons (Fsp3) is 0.381. The Hall–Kier alpha value is -2.40. The molecule has 0 N–H and O–H groups in total. The molecule has 1 amide bonds. The first-order chi connectivity index (χ1) is 12.7. The molecule has 0 saturated carbocycles. The molecule has 0 bridgehead atoms. The molecule has 5 heteroatoms. The number of rotatable bonds is 4. The van der Waals surface area contributed by atoms with E-state index < -0.39 is 5.82 Å². The van der Waals surface area contributed by atoms with Crippen molar-refractivity contribution in [3.8, 4) is 5.75 Å². The van der Waals surface area contributed by atoms with Gasteiger partial charge in [0.05, 0.1) is 12.1 Å². The molecule has 0 atom stereocenters. The highest BCUT2D eigenvalue weighted by Crippen LogP contribution is 2.24. The second-order valence-corrected chi connectivity index (χ2v) is 6.93. The molecule has 2 heterocycles. The molecule has 2 aromatic rings. The molecule has 0 aromatic heterocycles. The SMILES string of the molecule is O=C1c2cc(F)ccc2OCCN1CCCN1CCc2ccccc2C1. The van der Waals surface area contributed by atoms with Gasteiger partial charge in [-0.05, 0) is 42.2 Å². The summed E-state index contributed by atoms with van der Waals surface area (Å²) in [6.07, 6.45) is 1.98. The zero-order valence-electron chi connectivity index (χ0n) is 14.8. The van der Waals surface area contributed by atoms with Crippen molar-refractivity contribution in [1.29, 1.82) is 0 Å². The Morgan fingerprint density at radius 3 is 2.77 bits per heavy atom. The van der Waals surface area contributed by atoms with Gasteiger partial charge in [-0.2, -0.15) is 0 Å². The van der Waals surface area contributed by atoms with E-state index in [1.807, 2.05) is 0 Å². The van der Waals surface area contributed by atoms with Crippen molar-refractivity contribution in [1.82, 2.24) is 9.80 Å². The lowest BCUT2D eigenvalue weighted by molar-refractivity contribution is 0.0746. The molecule has 2 aromatic carbocycles. The minimum Gasteiger partial charge on any atom is -0.491 e. The van der Waals surface area contributed by atoms with E-state index in [1.54, 1.807) is 4.90 Å². The number of hydrogen-bond donors (Lipinski definition) is 0. The smallest absolute Gasteiger partial charge is 0.257 e. The van der Waals surface area contributed by atoms with E-state index in [-0.39, 0.29) is 5.91 Å². The summed E-state index contributed by atoms with van der Waals surface area (Å²) in [6, 6.07) is 12.7. The molecule has 26 heavy (non-hydrogen) atoms. The Bertz CT molecular complexity index is 808. The van der Waals surface area contributed by atoms with Crippen LogP contribution in [0.1, 0.15) is 27.9 Å². The molecule has 4 rings (SSSR count). The summed E-state index contributed by atoms with van der Waals surface area (Å²) < 4.78 is 19.1. The van der Waals surface area contributed by atoms with Gasteiger partial charge in [-0.1, -0.05) is 24.3 Å². The number of ether oxygens (including phenoxy) is 1. The number of nitrogens with zero attached hydrogens (tertiary/aromatic N) is 2. The van der Waals surface area contributed by atoms with Crippen LogP contribution < -0.4 is 4.74 Å². The first-order valence-corrected chi connectivity index (χ1v) is 9.21. The largest absolute Gasteiger partial charge is 0.491 e. The van der Waals surface area contributed by atoms with Crippen molar-refractivity contribution >= 4 is 5.91 Å². The quantitative estimate of drug-likeness (QED) is 0.846. The maximum atomic E-state index is 13.5. The molecule has 2 aliphatic rings. The number of carbonyl (C=O) groups excluding carboxylic acids is 1. The van der Waals surface area contributed by atoms with Crippen LogP contribution in [0.5, 0.6) is 5.75 Å². The summed E-state index contributed by atoms with van der Waals surface area (Å²) >= 11 is 0. The lowest BCUT2D eigenvalue weighted by Crippen LogP contribution is -2.36. The van der Waals surface area contributed by atoms with E-state index >= 15 is 0 Å². The summed E-state index contributed by atoms with van der Waals surface area (Å²) in [6.45, 7) is 4.63. The van der Waals surface area contributed by atoms with Gasteiger partial charge in [0, 0.05) is 26.2 Å². The Kier molecular flexibility index (Phi) is 4.89. The van der Waals surface area contributed by atoms with Gasteiger partial charge in [0.1, 0.15) is 18.2 Å². The lowest BCUT2D eigenvalue weighted by Gasteiger charge is -2.29. The first kappa shape index (κ1) is 17.0. The summed E-state index contributed by atoms with van der Waals surface area (Å²) in [7, 11) is 0. The minimum atomic E-state index is -0.408. The van der Waals surface area contributed by atoms with Crippen LogP contribution >= 0.6 is 0 Å². The average molecular weight is 354 g/mol. The molecular weight excluding hydrogens is 331 g/mol. The number of fused-ring (bicyclic) bond motifs is 2. The van der Waals surface area contributed by atoms with Crippen molar-refractivity contribution in [2.24, 2.45) is 0 Å². The van der Waals surface area contributed by atoms with Gasteiger partial charge in [-0.3, -0.25) is 9.69 Å². The van der Waals surface area contributed by atoms with Crippen molar-refractivity contribution < 1.29 is 13.9 Å². The van der Waals surface area contributed by atoms with Crippen LogP contribution in [0.2, 0.25) is 0 Å². The van der Waals surface area contributed by atoms with Gasteiger partial charge >= 0.3 is 0 Å². The maximum Gasteiger partial charge on any atom is 0.257 e. The van der Waals surface area contributed by atoms with E-state index in [0.29, 0.717) is 31.0 Å². The monoisotopic (exact) mass is 354 g/mol. The molecule has 0 unspecified atom stereocenters. The molecule has 0 spiro atoms. The van der Waals surface area contributed by atoms with Gasteiger partial charge < -0.3 is 9.64 Å². The predicted molar refractivity (Wildman–Crippen MR) is 97.8 cm³/mol. The Morgan fingerprint density at radius 2 is 1.88 bits per heavy atom. The average Bonchev–Trinajstić information content (AvgIpc) is 2.81. The fourth-order valence-electron chi connectivity index (χ4n) is 3.78. The van der Waals surface area contributed by atoms with E-state index in [0.717, 1.165) is 32.5 Å². The van der Waals surface area contributed by atoms with Crippen LogP contribution in [-0.2, 0) is 13.0 Å². The van der Waals surface area contributed by atoms with Crippen molar-refractivity contribution in [2.45, 2.75) is 19.4 Å². The zero-order chi connectivity index (χ0) is 17.9. The van der Waals surface area contributed by atoms with Gasteiger partial charge in [0.15, 0.2) is 0 Å². The number of amides is 1. The van der Waals surface area contributed by atoms with Crippen molar-refractivity contribution in [3.63, 3.8) is 0 Å². The van der Waals surface area contributed by atoms with Gasteiger partial charge in [-0.25, -0.2) is 4.39 Å². The van der Waals surface area contributed by atoms with Crippen LogP contribution in [-0.4, -0.2) is 48.5 Å². The summed E-state index contributed by atoms with van der Waals surface area (Å²) in [4.78, 5) is 16.9. The maximum absolute atomic E-state index is 13.5. The summed E-state index contributed by atoms with van der Waals surface area (Å²) in [5.74, 6) is -0.0675. The van der Waals surface area contributed by atoms with Crippen LogP contribution in [0.15, 0.2) is 42.5 Å². The van der Waals surface area contributed by atoms with E-state index in [4.69, 9.17) is 4.74 Å². The third-order valence-electron chi connectivity index (χ3n) is 5.19. The third kappa shape index (κ3) is 3.58. The van der Waals surface area contributed by atoms with E-state index in [9.17, 15) is 9.18 Å². The topological polar surface area (TPSA) is 32.8 Å².